The Morgan fingerprint density at radius 2 is 1.46 bits per heavy atom. The van der Waals surface area contributed by atoms with E-state index in [1.807, 2.05) is 6.20 Å². The molecule has 0 aliphatic carbocycles. The molecule has 0 atom stereocenters. The standard InChI is InChI=1S/C22H19N3Si/c1-26(2)21-9-5-3-7-19(21)25(20-8-4-6-10-22(20)26)17-12-11-16-14-23-15-24-18(16)13-17/h3-15H,1-2H3. The SMILES string of the molecule is C[Si]1(C)c2ccccc2N(c2ccc3cncnc3c2)c2ccccc21. The number of anilines is 3. The predicted molar refractivity (Wildman–Crippen MR) is 111 cm³/mol. The largest absolute Gasteiger partial charge is 0.311 e. The lowest BCUT2D eigenvalue weighted by atomic mass is 10.1. The molecule has 26 heavy (non-hydrogen) atoms. The molecule has 0 saturated heterocycles. The molecule has 3 aromatic carbocycles. The molecule has 2 heterocycles. The van der Waals surface area contributed by atoms with Crippen LogP contribution in [-0.4, -0.2) is 18.0 Å². The summed E-state index contributed by atoms with van der Waals surface area (Å²) >= 11 is 0. The molecule has 1 aliphatic heterocycles. The number of hydrogen-bond donors (Lipinski definition) is 0. The molecule has 0 bridgehead atoms. The van der Waals surface area contributed by atoms with Crippen molar-refractivity contribution >= 4 is 46.4 Å². The fourth-order valence-corrected chi connectivity index (χ4v) is 7.04. The summed E-state index contributed by atoms with van der Waals surface area (Å²) in [6.07, 6.45) is 3.47. The van der Waals surface area contributed by atoms with Crippen molar-refractivity contribution in [1.82, 2.24) is 9.97 Å². The maximum absolute atomic E-state index is 4.45. The van der Waals surface area contributed by atoms with Gasteiger partial charge in [-0.3, -0.25) is 0 Å². The Kier molecular flexibility index (Phi) is 3.24. The molecular formula is C22H19N3Si. The first kappa shape index (κ1) is 15.3. The Labute approximate surface area is 154 Å². The number of aromatic nitrogens is 2. The van der Waals surface area contributed by atoms with E-state index in [9.17, 15) is 0 Å². The van der Waals surface area contributed by atoms with Gasteiger partial charge >= 0.3 is 0 Å². The zero-order chi connectivity index (χ0) is 17.7. The quantitative estimate of drug-likeness (QED) is 0.479. The van der Waals surface area contributed by atoms with E-state index in [4.69, 9.17) is 0 Å². The van der Waals surface area contributed by atoms with E-state index in [-0.39, 0.29) is 0 Å². The highest BCUT2D eigenvalue weighted by Gasteiger charge is 2.38. The summed E-state index contributed by atoms with van der Waals surface area (Å²) in [4.78, 5) is 11.0. The zero-order valence-corrected chi connectivity index (χ0v) is 15.8. The summed E-state index contributed by atoms with van der Waals surface area (Å²) in [5.41, 5.74) is 4.68. The Balaban J connectivity index is 1.81. The van der Waals surface area contributed by atoms with E-state index in [1.54, 1.807) is 6.33 Å². The van der Waals surface area contributed by atoms with E-state index in [0.717, 1.165) is 16.6 Å². The van der Waals surface area contributed by atoms with Crippen LogP contribution in [0.15, 0.2) is 79.3 Å². The number of benzene rings is 3. The van der Waals surface area contributed by atoms with Crippen molar-refractivity contribution in [2.75, 3.05) is 4.90 Å². The van der Waals surface area contributed by atoms with Gasteiger partial charge in [0, 0.05) is 28.6 Å². The monoisotopic (exact) mass is 353 g/mol. The molecule has 5 rings (SSSR count). The number of fused-ring (bicyclic) bond motifs is 3. The van der Waals surface area contributed by atoms with E-state index < -0.39 is 8.07 Å². The lowest BCUT2D eigenvalue weighted by molar-refractivity contribution is 1.22. The van der Waals surface area contributed by atoms with Crippen LogP contribution in [0.1, 0.15) is 0 Å². The van der Waals surface area contributed by atoms with E-state index in [2.05, 4.69) is 94.7 Å². The second-order valence-corrected chi connectivity index (χ2v) is 11.6. The first-order chi connectivity index (χ1) is 12.7. The van der Waals surface area contributed by atoms with Crippen LogP contribution in [0, 0.1) is 0 Å². The van der Waals surface area contributed by atoms with Crippen molar-refractivity contribution in [3.05, 3.63) is 79.3 Å². The molecule has 1 aliphatic rings. The summed E-state index contributed by atoms with van der Waals surface area (Å²) in [7, 11) is -1.73. The fourth-order valence-electron chi connectivity index (χ4n) is 4.05. The molecule has 1 aromatic heterocycles. The van der Waals surface area contributed by atoms with Gasteiger partial charge in [-0.05, 0) is 40.7 Å². The molecule has 0 radical (unpaired) electrons. The van der Waals surface area contributed by atoms with Gasteiger partial charge in [0.2, 0.25) is 0 Å². The van der Waals surface area contributed by atoms with Crippen LogP contribution in [-0.2, 0) is 0 Å². The molecule has 0 N–H and O–H groups in total. The minimum atomic E-state index is -1.73. The minimum Gasteiger partial charge on any atom is -0.311 e. The van der Waals surface area contributed by atoms with Crippen molar-refractivity contribution in [2.45, 2.75) is 13.1 Å². The fraction of sp³-hybridized carbons (Fsp3) is 0.0909. The van der Waals surface area contributed by atoms with Crippen LogP contribution in [0.2, 0.25) is 13.1 Å². The van der Waals surface area contributed by atoms with Crippen LogP contribution < -0.4 is 15.3 Å². The van der Waals surface area contributed by atoms with Gasteiger partial charge < -0.3 is 4.90 Å². The van der Waals surface area contributed by atoms with Gasteiger partial charge in [0.05, 0.1) is 5.52 Å². The first-order valence-electron chi connectivity index (χ1n) is 8.85. The van der Waals surface area contributed by atoms with Crippen molar-refractivity contribution in [3.63, 3.8) is 0 Å². The molecule has 0 saturated carbocycles. The average molecular weight is 354 g/mol. The summed E-state index contributed by atoms with van der Waals surface area (Å²) in [6.45, 7) is 4.88. The average Bonchev–Trinajstić information content (AvgIpc) is 2.68. The van der Waals surface area contributed by atoms with Crippen LogP contribution in [0.5, 0.6) is 0 Å². The second kappa shape index (κ2) is 5.51. The number of hydrogen-bond acceptors (Lipinski definition) is 3. The maximum Gasteiger partial charge on any atom is 0.117 e. The Bertz CT molecular complexity index is 1090. The summed E-state index contributed by atoms with van der Waals surface area (Å²) in [6, 6.07) is 24.1. The highest BCUT2D eigenvalue weighted by molar-refractivity contribution is 7.02. The maximum atomic E-state index is 4.45. The Hall–Kier alpha value is -2.98. The van der Waals surface area contributed by atoms with Gasteiger partial charge in [-0.15, -0.1) is 0 Å². The first-order valence-corrected chi connectivity index (χ1v) is 11.9. The van der Waals surface area contributed by atoms with Gasteiger partial charge in [-0.25, -0.2) is 9.97 Å². The van der Waals surface area contributed by atoms with Gasteiger partial charge in [-0.1, -0.05) is 49.5 Å². The Morgan fingerprint density at radius 1 is 0.808 bits per heavy atom. The van der Waals surface area contributed by atoms with Gasteiger partial charge in [0.1, 0.15) is 14.4 Å². The van der Waals surface area contributed by atoms with Crippen LogP contribution >= 0.6 is 0 Å². The smallest absolute Gasteiger partial charge is 0.117 e. The summed E-state index contributed by atoms with van der Waals surface area (Å²) in [5.74, 6) is 0. The summed E-state index contributed by atoms with van der Waals surface area (Å²) < 4.78 is 0. The van der Waals surface area contributed by atoms with Crippen LogP contribution in [0.25, 0.3) is 10.9 Å². The van der Waals surface area contributed by atoms with Gasteiger partial charge in [0.25, 0.3) is 0 Å². The highest BCUT2D eigenvalue weighted by atomic mass is 28.3. The molecule has 0 spiro atoms. The van der Waals surface area contributed by atoms with Crippen LogP contribution in [0.3, 0.4) is 0 Å². The van der Waals surface area contributed by atoms with Crippen LogP contribution in [0.4, 0.5) is 17.1 Å². The van der Waals surface area contributed by atoms with E-state index in [0.29, 0.717) is 0 Å². The van der Waals surface area contributed by atoms with E-state index in [1.165, 1.54) is 21.7 Å². The summed E-state index contributed by atoms with van der Waals surface area (Å²) in [5, 5.41) is 4.01. The van der Waals surface area contributed by atoms with Gasteiger partial charge in [-0.2, -0.15) is 0 Å². The highest BCUT2D eigenvalue weighted by Crippen LogP contribution is 2.38. The molecule has 3 nitrogen and oxygen atoms in total. The molecule has 4 aromatic rings. The Morgan fingerprint density at radius 3 is 2.15 bits per heavy atom. The molecule has 126 valence electrons. The van der Waals surface area contributed by atoms with Crippen molar-refractivity contribution in [3.8, 4) is 0 Å². The third-order valence-corrected chi connectivity index (χ3v) is 8.92. The minimum absolute atomic E-state index is 0.967. The van der Waals surface area contributed by atoms with Crippen molar-refractivity contribution in [1.29, 1.82) is 0 Å². The number of rotatable bonds is 1. The third-order valence-electron chi connectivity index (χ3n) is 5.39. The molecule has 0 fully saturated rings. The number of para-hydroxylation sites is 2. The lowest BCUT2D eigenvalue weighted by Crippen LogP contribution is -2.58. The second-order valence-electron chi connectivity index (χ2n) is 7.26. The third kappa shape index (κ3) is 2.12. The normalized spacial score (nSPS) is 14.8. The molecular weight excluding hydrogens is 334 g/mol. The zero-order valence-electron chi connectivity index (χ0n) is 14.8. The molecule has 0 unspecified atom stereocenters. The van der Waals surface area contributed by atoms with Crippen molar-refractivity contribution < 1.29 is 0 Å². The molecule has 4 heteroatoms. The molecule has 0 amide bonds. The van der Waals surface area contributed by atoms with Gasteiger partial charge in [0.15, 0.2) is 0 Å². The van der Waals surface area contributed by atoms with E-state index >= 15 is 0 Å². The van der Waals surface area contributed by atoms with Crippen molar-refractivity contribution in [2.24, 2.45) is 0 Å². The topological polar surface area (TPSA) is 29.0 Å². The lowest BCUT2D eigenvalue weighted by Gasteiger charge is -2.41. The number of nitrogens with zero attached hydrogens (tertiary/aromatic N) is 3. The predicted octanol–water partition coefficient (Wildman–Crippen LogP) is 4.24.